The number of carbonyl (C=O) groups excluding carboxylic acids is 6. The molecule has 0 spiro atoms. The van der Waals surface area contributed by atoms with E-state index in [1.165, 1.54) is 16.7 Å². The van der Waals surface area contributed by atoms with Crippen molar-refractivity contribution in [2.24, 2.45) is 11.7 Å². The summed E-state index contributed by atoms with van der Waals surface area (Å²) in [6, 6.07) is 3.78. The molecule has 0 aliphatic heterocycles. The highest BCUT2D eigenvalue weighted by atomic mass is 16.6. The predicted molar refractivity (Wildman–Crippen MR) is 168 cm³/mol. The van der Waals surface area contributed by atoms with Gasteiger partial charge in [0.15, 0.2) is 0 Å². The number of carboxylic acids is 1. The lowest BCUT2D eigenvalue weighted by atomic mass is 10.0. The predicted octanol–water partition coefficient (Wildman–Crippen LogP) is 1.00. The highest BCUT2D eigenvalue weighted by Gasteiger charge is 2.29. The van der Waals surface area contributed by atoms with E-state index in [1.54, 1.807) is 52.2 Å². The topological polar surface area (TPSA) is 230 Å². The number of benzene rings is 1. The summed E-state index contributed by atoms with van der Waals surface area (Å²) in [5.41, 5.74) is 6.17. The molecule has 0 aromatic heterocycles. The minimum Gasteiger partial charge on any atom is -0.481 e. The second-order valence-corrected chi connectivity index (χ2v) is 11.1. The normalized spacial score (nSPS) is 11.9. The zero-order valence-electron chi connectivity index (χ0n) is 27.1. The number of nitrogens with two attached hydrogens (primary N) is 1. The number of nitrogens with zero attached hydrogens (tertiary/aromatic N) is 2. The Balaban J connectivity index is 2.84. The van der Waals surface area contributed by atoms with Crippen LogP contribution in [0.5, 0.6) is 0 Å². The van der Waals surface area contributed by atoms with Crippen molar-refractivity contribution >= 4 is 47.4 Å². The summed E-state index contributed by atoms with van der Waals surface area (Å²) < 4.78 is 5.31. The number of ether oxygens (including phenoxy) is 1. The van der Waals surface area contributed by atoms with Crippen molar-refractivity contribution in [1.29, 1.82) is 0 Å². The monoisotopic (exact) mass is 649 g/mol. The van der Waals surface area contributed by atoms with Gasteiger partial charge >= 0.3 is 18.1 Å². The number of anilines is 1. The molecule has 0 saturated carbocycles. The molecule has 0 heterocycles. The number of carbonyl (C=O) groups is 7. The third-order valence-electron chi connectivity index (χ3n) is 6.87. The van der Waals surface area contributed by atoms with E-state index in [-0.39, 0.29) is 50.7 Å². The second-order valence-electron chi connectivity index (χ2n) is 11.1. The van der Waals surface area contributed by atoms with E-state index in [0.29, 0.717) is 30.8 Å². The number of hydrogen-bond acceptors (Lipinski definition) is 8. The Morgan fingerprint density at radius 3 is 2.09 bits per heavy atom. The van der Waals surface area contributed by atoms with Gasteiger partial charge in [0, 0.05) is 59.2 Å². The lowest BCUT2D eigenvalue weighted by molar-refractivity contribution is -0.137. The fraction of sp³-hybridized carbons (Fsp3) is 0.567. The molecule has 0 fully saturated rings. The van der Waals surface area contributed by atoms with Crippen LogP contribution in [0.1, 0.15) is 58.4 Å². The van der Waals surface area contributed by atoms with Crippen molar-refractivity contribution in [3.8, 4) is 0 Å². The van der Waals surface area contributed by atoms with Gasteiger partial charge in [-0.1, -0.05) is 26.0 Å². The van der Waals surface area contributed by atoms with E-state index >= 15 is 0 Å². The number of carboxylic acid groups (broad SMARTS) is 1. The maximum absolute atomic E-state index is 13.2. The van der Waals surface area contributed by atoms with Crippen molar-refractivity contribution in [1.82, 2.24) is 25.8 Å². The van der Waals surface area contributed by atoms with Crippen molar-refractivity contribution in [2.45, 2.75) is 71.6 Å². The number of rotatable bonds is 19. The molecule has 7 amide bonds. The van der Waals surface area contributed by atoms with Crippen LogP contribution in [0.4, 0.5) is 15.3 Å². The summed E-state index contributed by atoms with van der Waals surface area (Å²) in [4.78, 5) is 87.0. The van der Waals surface area contributed by atoms with E-state index in [0.717, 1.165) is 0 Å². The van der Waals surface area contributed by atoms with Gasteiger partial charge in [0.1, 0.15) is 18.7 Å². The molecule has 16 heteroatoms. The van der Waals surface area contributed by atoms with Crippen molar-refractivity contribution < 1.29 is 43.4 Å². The molecule has 256 valence electrons. The number of nitrogens with one attached hydrogen (secondary N) is 4. The van der Waals surface area contributed by atoms with Gasteiger partial charge in [-0.05, 0) is 42.9 Å². The largest absolute Gasteiger partial charge is 0.481 e. The zero-order valence-corrected chi connectivity index (χ0v) is 27.1. The van der Waals surface area contributed by atoms with Crippen molar-refractivity contribution in [3.63, 3.8) is 0 Å². The fourth-order valence-corrected chi connectivity index (χ4v) is 3.95. The van der Waals surface area contributed by atoms with Crippen LogP contribution < -0.4 is 27.0 Å². The molecule has 7 N–H and O–H groups in total. The average Bonchev–Trinajstić information content (AvgIpc) is 2.98. The van der Waals surface area contributed by atoms with Crippen LogP contribution in [0.3, 0.4) is 0 Å². The summed E-state index contributed by atoms with van der Waals surface area (Å²) in [5, 5.41) is 19.2. The molecule has 2 atom stereocenters. The van der Waals surface area contributed by atoms with Gasteiger partial charge < -0.3 is 46.6 Å². The number of amides is 7. The number of aliphatic carboxylic acids is 1. The Hall–Kier alpha value is -4.89. The highest BCUT2D eigenvalue weighted by molar-refractivity contribution is 5.98. The van der Waals surface area contributed by atoms with Crippen LogP contribution in [0, 0.1) is 5.92 Å². The molecule has 0 bridgehead atoms. The molecule has 0 aliphatic carbocycles. The van der Waals surface area contributed by atoms with Gasteiger partial charge in [-0.3, -0.25) is 24.0 Å². The molecule has 0 aliphatic rings. The lowest BCUT2D eigenvalue weighted by Gasteiger charge is -2.25. The Morgan fingerprint density at radius 2 is 1.52 bits per heavy atom. The van der Waals surface area contributed by atoms with Crippen LogP contribution in [0.2, 0.25) is 0 Å². The summed E-state index contributed by atoms with van der Waals surface area (Å²) in [5.74, 6) is -3.11. The van der Waals surface area contributed by atoms with E-state index in [2.05, 4.69) is 21.3 Å². The lowest BCUT2D eigenvalue weighted by Crippen LogP contribution is -2.54. The third-order valence-corrected chi connectivity index (χ3v) is 6.87. The molecular weight excluding hydrogens is 602 g/mol. The molecule has 0 saturated heterocycles. The Bertz CT molecular complexity index is 1210. The van der Waals surface area contributed by atoms with E-state index in [9.17, 15) is 33.6 Å². The molecule has 1 aromatic rings. The molecular formula is C30H47N7O9. The molecule has 0 radical (unpaired) electrons. The Labute approximate surface area is 268 Å². The average molecular weight is 650 g/mol. The van der Waals surface area contributed by atoms with E-state index in [4.69, 9.17) is 15.6 Å². The summed E-state index contributed by atoms with van der Waals surface area (Å²) in [6.45, 7) is 5.68. The zero-order chi connectivity index (χ0) is 34.8. The number of urea groups is 1. The third kappa shape index (κ3) is 15.7. The molecule has 0 unspecified atom stereocenters. The first kappa shape index (κ1) is 39.1. The van der Waals surface area contributed by atoms with Crippen LogP contribution in [-0.4, -0.2) is 102 Å². The maximum atomic E-state index is 13.2. The van der Waals surface area contributed by atoms with Crippen molar-refractivity contribution in [2.75, 3.05) is 39.0 Å². The number of primary amides is 1. The maximum Gasteiger partial charge on any atom is 0.409 e. The Kier molecular flexibility index (Phi) is 17.2. The first-order valence-corrected chi connectivity index (χ1v) is 14.9. The van der Waals surface area contributed by atoms with Crippen LogP contribution >= 0.6 is 0 Å². The highest BCUT2D eigenvalue weighted by Crippen LogP contribution is 2.13. The summed E-state index contributed by atoms with van der Waals surface area (Å²) >= 11 is 0. The van der Waals surface area contributed by atoms with Gasteiger partial charge in [-0.25, -0.2) is 9.59 Å². The minimum absolute atomic E-state index is 0.0237. The molecule has 46 heavy (non-hydrogen) atoms. The quantitative estimate of drug-likeness (QED) is 0.117. The van der Waals surface area contributed by atoms with Crippen LogP contribution in [0.15, 0.2) is 24.3 Å². The second kappa shape index (κ2) is 20.2. The molecule has 1 aromatic carbocycles. The smallest absolute Gasteiger partial charge is 0.409 e. The number of hydrogen-bond donors (Lipinski definition) is 6. The molecule has 1 rings (SSSR count). The van der Waals surface area contributed by atoms with Gasteiger partial charge in [-0.15, -0.1) is 0 Å². The summed E-state index contributed by atoms with van der Waals surface area (Å²) in [6.07, 6.45) is -0.259. The minimum atomic E-state index is -1.04. The van der Waals surface area contributed by atoms with Gasteiger partial charge in [0.25, 0.3) is 0 Å². The van der Waals surface area contributed by atoms with Crippen LogP contribution in [-0.2, 0) is 35.3 Å². The van der Waals surface area contributed by atoms with Gasteiger partial charge in [0.2, 0.25) is 23.6 Å². The van der Waals surface area contributed by atoms with Crippen LogP contribution in [0.25, 0.3) is 0 Å². The first-order valence-electron chi connectivity index (χ1n) is 14.9. The summed E-state index contributed by atoms with van der Waals surface area (Å²) in [7, 11) is 3.20. The molecule has 16 nitrogen and oxygen atoms in total. The SMILES string of the molecule is CC(=O)N(C)CCN(C)C(=O)OCc1ccc(NC(=O)[C@H](CCCNC(N)=O)NC(=O)[C@@H](NC(=O)CCCC(=O)O)C(C)C)cc1. The van der Waals surface area contributed by atoms with E-state index in [1.807, 2.05) is 0 Å². The fourth-order valence-electron chi connectivity index (χ4n) is 3.95. The number of likely N-dealkylation sites (N-methyl/N-ethyl adjacent to an activating group) is 2. The van der Waals surface area contributed by atoms with Gasteiger partial charge in [-0.2, -0.15) is 0 Å². The standard InChI is InChI=1S/C30H47N7O9/c1-19(2)26(35-24(39)9-6-10-25(40)41)28(43)34-23(8-7-15-32-29(31)44)27(42)33-22-13-11-21(12-14-22)18-46-30(45)37(5)17-16-36(4)20(3)38/h11-14,19,23,26H,6-10,15-18H2,1-5H3,(H,33,42)(H,34,43)(H,35,39)(H,40,41)(H3,31,32,44)/t23-,26-/m0/s1. The Morgan fingerprint density at radius 1 is 0.891 bits per heavy atom. The van der Waals surface area contributed by atoms with Crippen molar-refractivity contribution in [3.05, 3.63) is 29.8 Å². The first-order chi connectivity index (χ1) is 21.6. The van der Waals surface area contributed by atoms with E-state index < -0.39 is 47.9 Å². The van der Waals surface area contributed by atoms with Gasteiger partial charge in [0.05, 0.1) is 0 Å².